The van der Waals surface area contributed by atoms with Gasteiger partial charge in [-0.1, -0.05) is 29.8 Å². The minimum absolute atomic E-state index is 0.339. The molecule has 2 unspecified atom stereocenters. The lowest BCUT2D eigenvalue weighted by Crippen LogP contribution is -2.35. The van der Waals surface area contributed by atoms with Gasteiger partial charge in [0.1, 0.15) is 0 Å². The van der Waals surface area contributed by atoms with Crippen LogP contribution in [-0.4, -0.2) is 25.3 Å². The second kappa shape index (κ2) is 5.67. The maximum Gasteiger partial charge on any atom is 0.0700 e. The van der Waals surface area contributed by atoms with Crippen LogP contribution in [0.25, 0.3) is 0 Å². The molecule has 2 nitrogen and oxygen atoms in total. The maximum atomic E-state index is 6.10. The summed E-state index contributed by atoms with van der Waals surface area (Å²) < 4.78 is 5.50. The van der Waals surface area contributed by atoms with E-state index in [9.17, 15) is 0 Å². The molecule has 0 amide bonds. The molecule has 2 rings (SSSR count). The molecular weight excluding hydrogens is 222 g/mol. The third-order valence-corrected chi connectivity index (χ3v) is 3.50. The Morgan fingerprint density at radius 1 is 1.44 bits per heavy atom. The minimum atomic E-state index is 0.339. The molecule has 1 aliphatic rings. The summed E-state index contributed by atoms with van der Waals surface area (Å²) in [5, 5.41) is 4.38. The quantitative estimate of drug-likeness (QED) is 0.872. The van der Waals surface area contributed by atoms with Gasteiger partial charge in [0.15, 0.2) is 0 Å². The zero-order chi connectivity index (χ0) is 11.4. The van der Waals surface area contributed by atoms with Crippen molar-refractivity contribution in [3.63, 3.8) is 0 Å². The van der Waals surface area contributed by atoms with E-state index in [0.717, 1.165) is 31.0 Å². The van der Waals surface area contributed by atoms with Crippen LogP contribution in [-0.2, 0) is 11.2 Å². The smallest absolute Gasteiger partial charge is 0.0700 e. The van der Waals surface area contributed by atoms with Crippen LogP contribution in [0.15, 0.2) is 24.3 Å². The lowest BCUT2D eigenvalue weighted by molar-refractivity contribution is 0.113. The zero-order valence-corrected chi connectivity index (χ0v) is 10.3. The second-order valence-electron chi connectivity index (χ2n) is 4.27. The maximum absolute atomic E-state index is 6.10. The highest BCUT2D eigenvalue weighted by Gasteiger charge is 2.22. The highest BCUT2D eigenvalue weighted by molar-refractivity contribution is 6.31. The minimum Gasteiger partial charge on any atom is -0.377 e. The number of ether oxygens (including phenoxy) is 1. The van der Waals surface area contributed by atoms with Crippen LogP contribution in [0, 0.1) is 0 Å². The Labute approximate surface area is 102 Å². The van der Waals surface area contributed by atoms with Gasteiger partial charge in [0.25, 0.3) is 0 Å². The Morgan fingerprint density at radius 3 is 2.94 bits per heavy atom. The van der Waals surface area contributed by atoms with Crippen molar-refractivity contribution in [3.05, 3.63) is 34.9 Å². The average molecular weight is 240 g/mol. The van der Waals surface area contributed by atoms with Crippen molar-refractivity contribution in [1.82, 2.24) is 5.32 Å². The fourth-order valence-corrected chi connectivity index (χ4v) is 2.32. The number of halogens is 1. The summed E-state index contributed by atoms with van der Waals surface area (Å²) in [6.45, 7) is 3.97. The summed E-state index contributed by atoms with van der Waals surface area (Å²) in [5.41, 5.74) is 1.21. The van der Waals surface area contributed by atoms with Crippen molar-refractivity contribution in [2.75, 3.05) is 13.2 Å². The highest BCUT2D eigenvalue weighted by atomic mass is 35.5. The van der Waals surface area contributed by atoms with E-state index in [1.807, 2.05) is 18.2 Å². The Balaban J connectivity index is 1.78. The summed E-state index contributed by atoms with van der Waals surface area (Å²) >= 11 is 6.10. The third kappa shape index (κ3) is 2.97. The first kappa shape index (κ1) is 11.9. The van der Waals surface area contributed by atoms with Gasteiger partial charge in [0.2, 0.25) is 0 Å². The summed E-state index contributed by atoms with van der Waals surface area (Å²) in [5.74, 6) is 0. The largest absolute Gasteiger partial charge is 0.377 e. The molecule has 1 aromatic carbocycles. The van der Waals surface area contributed by atoms with Gasteiger partial charge in [-0.05, 0) is 37.9 Å². The van der Waals surface area contributed by atoms with Crippen molar-refractivity contribution >= 4 is 11.6 Å². The van der Waals surface area contributed by atoms with Gasteiger partial charge in [-0.25, -0.2) is 0 Å². The monoisotopic (exact) mass is 239 g/mol. The average Bonchev–Trinajstić information content (AvgIpc) is 2.67. The lowest BCUT2D eigenvalue weighted by atomic mass is 10.1. The van der Waals surface area contributed by atoms with E-state index in [4.69, 9.17) is 16.3 Å². The molecule has 0 aliphatic carbocycles. The number of hydrogen-bond donors (Lipinski definition) is 1. The van der Waals surface area contributed by atoms with E-state index in [1.165, 1.54) is 5.56 Å². The Hall–Kier alpha value is -0.570. The van der Waals surface area contributed by atoms with E-state index < -0.39 is 0 Å². The Morgan fingerprint density at radius 2 is 2.25 bits per heavy atom. The van der Waals surface area contributed by atoms with Crippen molar-refractivity contribution in [2.45, 2.75) is 31.9 Å². The molecule has 1 N–H and O–H groups in total. The Kier molecular flexibility index (Phi) is 4.22. The lowest BCUT2D eigenvalue weighted by Gasteiger charge is -2.16. The fourth-order valence-electron chi connectivity index (χ4n) is 2.09. The summed E-state index contributed by atoms with van der Waals surface area (Å²) in [6, 6.07) is 8.52. The number of nitrogens with one attached hydrogen (secondary N) is 1. The molecule has 1 fully saturated rings. The molecule has 2 atom stereocenters. The standard InChI is InChI=1S/C13H18ClNO/c1-10-13(7-9-16-10)15-8-6-11-4-2-3-5-12(11)14/h2-5,10,13,15H,6-9H2,1H3. The summed E-state index contributed by atoms with van der Waals surface area (Å²) in [6.07, 6.45) is 2.43. The van der Waals surface area contributed by atoms with Crippen molar-refractivity contribution in [3.8, 4) is 0 Å². The molecule has 1 saturated heterocycles. The molecule has 0 spiro atoms. The molecule has 0 bridgehead atoms. The first-order valence-corrected chi connectivity index (χ1v) is 6.23. The molecule has 16 heavy (non-hydrogen) atoms. The number of benzene rings is 1. The van der Waals surface area contributed by atoms with Gasteiger partial charge in [-0.2, -0.15) is 0 Å². The van der Waals surface area contributed by atoms with Gasteiger partial charge in [0.05, 0.1) is 6.10 Å². The van der Waals surface area contributed by atoms with E-state index in [2.05, 4.69) is 18.3 Å². The third-order valence-electron chi connectivity index (χ3n) is 3.13. The van der Waals surface area contributed by atoms with E-state index >= 15 is 0 Å². The van der Waals surface area contributed by atoms with Gasteiger partial charge >= 0.3 is 0 Å². The molecule has 0 saturated carbocycles. The first-order valence-electron chi connectivity index (χ1n) is 5.86. The van der Waals surface area contributed by atoms with Crippen molar-refractivity contribution in [2.24, 2.45) is 0 Å². The second-order valence-corrected chi connectivity index (χ2v) is 4.67. The van der Waals surface area contributed by atoms with Crippen LogP contribution in [0.2, 0.25) is 5.02 Å². The molecular formula is C13H18ClNO. The van der Waals surface area contributed by atoms with Gasteiger partial charge in [0, 0.05) is 17.7 Å². The topological polar surface area (TPSA) is 21.3 Å². The van der Waals surface area contributed by atoms with Crippen LogP contribution in [0.1, 0.15) is 18.9 Å². The molecule has 88 valence electrons. The van der Waals surface area contributed by atoms with Gasteiger partial charge in [-0.15, -0.1) is 0 Å². The predicted molar refractivity (Wildman–Crippen MR) is 67.0 cm³/mol. The van der Waals surface area contributed by atoms with Crippen molar-refractivity contribution < 1.29 is 4.74 Å². The molecule has 0 radical (unpaired) electrons. The highest BCUT2D eigenvalue weighted by Crippen LogP contribution is 2.16. The predicted octanol–water partition coefficient (Wildman–Crippen LogP) is 2.65. The summed E-state index contributed by atoms with van der Waals surface area (Å²) in [4.78, 5) is 0. The summed E-state index contributed by atoms with van der Waals surface area (Å²) in [7, 11) is 0. The zero-order valence-electron chi connectivity index (χ0n) is 9.58. The fraction of sp³-hybridized carbons (Fsp3) is 0.538. The van der Waals surface area contributed by atoms with Crippen LogP contribution in [0.3, 0.4) is 0 Å². The molecule has 1 aliphatic heterocycles. The Bertz CT molecular complexity index is 342. The SMILES string of the molecule is CC1OCCC1NCCc1ccccc1Cl. The molecule has 3 heteroatoms. The van der Waals surface area contributed by atoms with Crippen molar-refractivity contribution in [1.29, 1.82) is 0 Å². The molecule has 1 heterocycles. The van der Waals surface area contributed by atoms with Crippen LogP contribution < -0.4 is 5.32 Å². The number of hydrogen-bond acceptors (Lipinski definition) is 2. The first-order chi connectivity index (χ1) is 7.77. The van der Waals surface area contributed by atoms with E-state index in [0.29, 0.717) is 12.1 Å². The van der Waals surface area contributed by atoms with Gasteiger partial charge in [-0.3, -0.25) is 0 Å². The van der Waals surface area contributed by atoms with E-state index in [-0.39, 0.29) is 0 Å². The molecule has 1 aromatic rings. The molecule has 0 aromatic heterocycles. The van der Waals surface area contributed by atoms with E-state index in [1.54, 1.807) is 0 Å². The number of rotatable bonds is 4. The van der Waals surface area contributed by atoms with Crippen LogP contribution in [0.5, 0.6) is 0 Å². The van der Waals surface area contributed by atoms with Crippen LogP contribution in [0.4, 0.5) is 0 Å². The van der Waals surface area contributed by atoms with Crippen LogP contribution >= 0.6 is 11.6 Å². The van der Waals surface area contributed by atoms with Gasteiger partial charge < -0.3 is 10.1 Å². The normalized spacial score (nSPS) is 24.9.